The number of carbonyl (C=O) groups excluding carboxylic acids is 1. The molecule has 1 fully saturated rings. The first-order valence-electron chi connectivity index (χ1n) is 9.29. The number of piperidine rings is 1. The Morgan fingerprint density at radius 2 is 2.04 bits per heavy atom. The molecule has 1 aromatic rings. The maximum absolute atomic E-state index is 12.8. The molecular weight excluding hydrogens is 389 g/mol. The Kier molecular flexibility index (Phi) is 7.48. The van der Waals surface area contributed by atoms with Crippen LogP contribution in [-0.2, 0) is 0 Å². The average Bonchev–Trinajstić information content (AvgIpc) is 2.59. The second-order valence-corrected chi connectivity index (χ2v) is 8.07. The number of hydrogen-bond donors (Lipinski definition) is 2. The molecule has 2 aliphatic heterocycles. The van der Waals surface area contributed by atoms with Gasteiger partial charge in [-0.15, -0.1) is 12.4 Å². The minimum atomic E-state index is -0.191. The summed E-state index contributed by atoms with van der Waals surface area (Å²) in [5.74, 6) is 1.22. The van der Waals surface area contributed by atoms with Crippen LogP contribution in [0.25, 0.3) is 0 Å². The fraction of sp³-hybridized carbons (Fsp3) is 0.632. The lowest BCUT2D eigenvalue weighted by molar-refractivity contribution is 0.0866. The number of anilines is 1. The summed E-state index contributed by atoms with van der Waals surface area (Å²) in [7, 11) is 0. The number of benzene rings is 1. The van der Waals surface area contributed by atoms with Crippen molar-refractivity contribution in [3.05, 3.63) is 16.7 Å². The lowest BCUT2D eigenvalue weighted by atomic mass is 10.0. The molecule has 0 saturated carbocycles. The Morgan fingerprint density at radius 1 is 1.37 bits per heavy atom. The smallest absolute Gasteiger partial charge is 0.255 e. The number of rotatable bonds is 4. The first-order valence-corrected chi connectivity index (χ1v) is 9.67. The normalized spacial score (nSPS) is 20.3. The van der Waals surface area contributed by atoms with E-state index in [0.29, 0.717) is 40.3 Å². The van der Waals surface area contributed by atoms with Gasteiger partial charge in [0.1, 0.15) is 12.7 Å². The van der Waals surface area contributed by atoms with E-state index in [1.807, 2.05) is 6.92 Å². The second-order valence-electron chi connectivity index (χ2n) is 7.66. The number of nitrogen functional groups attached to an aromatic ring is 1. The molecule has 1 aromatic carbocycles. The van der Waals surface area contributed by atoms with Gasteiger partial charge in [0.2, 0.25) is 0 Å². The summed E-state index contributed by atoms with van der Waals surface area (Å²) in [5.41, 5.74) is 6.70. The molecule has 6 nitrogen and oxygen atoms in total. The molecule has 27 heavy (non-hydrogen) atoms. The summed E-state index contributed by atoms with van der Waals surface area (Å²) < 4.78 is 11.5. The van der Waals surface area contributed by atoms with Gasteiger partial charge >= 0.3 is 0 Å². The molecule has 0 bridgehead atoms. The van der Waals surface area contributed by atoms with Gasteiger partial charge in [-0.25, -0.2) is 0 Å². The fourth-order valence-corrected chi connectivity index (χ4v) is 3.72. The molecule has 152 valence electrons. The molecule has 0 spiro atoms. The number of nitrogens with two attached hydrogens (primary N) is 1. The second kappa shape index (κ2) is 9.22. The number of nitrogens with zero attached hydrogens (tertiary/aromatic N) is 1. The summed E-state index contributed by atoms with van der Waals surface area (Å²) >= 11 is 6.21. The Labute approximate surface area is 172 Å². The van der Waals surface area contributed by atoms with Crippen LogP contribution in [0.2, 0.25) is 5.02 Å². The van der Waals surface area contributed by atoms with Gasteiger partial charge in [-0.1, -0.05) is 25.4 Å². The Bertz CT molecular complexity index is 677. The number of hydrogen-bond acceptors (Lipinski definition) is 5. The van der Waals surface area contributed by atoms with E-state index in [1.165, 1.54) is 0 Å². The van der Waals surface area contributed by atoms with E-state index in [2.05, 4.69) is 24.1 Å². The van der Waals surface area contributed by atoms with E-state index in [-0.39, 0.29) is 30.5 Å². The number of nitrogens with one attached hydrogen (secondary N) is 1. The molecule has 1 amide bonds. The Hall–Kier alpha value is -1.37. The summed E-state index contributed by atoms with van der Waals surface area (Å²) in [6, 6.07) is 1.72. The molecule has 3 rings (SSSR count). The van der Waals surface area contributed by atoms with Crippen molar-refractivity contribution in [2.45, 2.75) is 45.8 Å². The molecule has 0 radical (unpaired) electrons. The molecule has 1 unspecified atom stereocenters. The highest BCUT2D eigenvalue weighted by molar-refractivity contribution is 6.34. The molecule has 8 heteroatoms. The number of halogens is 2. The first kappa shape index (κ1) is 21.9. The third kappa shape index (κ3) is 5.12. The standard InChI is InChI=1S/C19H28ClN3O3.ClH/c1-11(2)9-23-6-4-13(5-7-23)22-19(24)14-8-15(20)16(21)18-17(14)25-10-12(3)26-18;/h8,11-13H,4-7,9-10,21H2,1-3H3,(H,22,24);1H. The zero-order valence-electron chi connectivity index (χ0n) is 16.1. The largest absolute Gasteiger partial charge is 0.485 e. The van der Waals surface area contributed by atoms with Crippen molar-refractivity contribution in [1.29, 1.82) is 0 Å². The molecule has 1 atom stereocenters. The minimum absolute atomic E-state index is 0. The minimum Gasteiger partial charge on any atom is -0.485 e. The molecule has 3 N–H and O–H groups in total. The van der Waals surface area contributed by atoms with E-state index in [0.717, 1.165) is 32.5 Å². The SMILES string of the molecule is CC(C)CN1CCC(NC(=O)c2cc(Cl)c(N)c3c2OCC(C)O3)CC1.Cl. The van der Waals surface area contributed by atoms with Crippen molar-refractivity contribution in [3.8, 4) is 11.5 Å². The van der Waals surface area contributed by atoms with Gasteiger partial charge in [-0.3, -0.25) is 4.79 Å². The molecular formula is C19H29Cl2N3O3. The number of likely N-dealkylation sites (tertiary alicyclic amines) is 1. The van der Waals surface area contributed by atoms with Gasteiger partial charge in [0.05, 0.1) is 16.3 Å². The number of fused-ring (bicyclic) bond motifs is 1. The van der Waals surface area contributed by atoms with Gasteiger partial charge in [0.15, 0.2) is 11.5 Å². The summed E-state index contributed by atoms with van der Waals surface area (Å²) in [4.78, 5) is 15.3. The van der Waals surface area contributed by atoms with Crippen LogP contribution in [0.15, 0.2) is 6.07 Å². The number of ether oxygens (including phenoxy) is 2. The highest BCUT2D eigenvalue weighted by Crippen LogP contribution is 2.44. The van der Waals surface area contributed by atoms with Gasteiger partial charge < -0.3 is 25.4 Å². The predicted octanol–water partition coefficient (Wildman–Crippen LogP) is 3.35. The molecule has 0 aromatic heterocycles. The first-order chi connectivity index (χ1) is 12.3. The van der Waals surface area contributed by atoms with Gasteiger partial charge in [0.25, 0.3) is 5.91 Å². The van der Waals surface area contributed by atoms with Crippen molar-refractivity contribution in [2.24, 2.45) is 5.92 Å². The van der Waals surface area contributed by atoms with Crippen molar-refractivity contribution < 1.29 is 14.3 Å². The summed E-state index contributed by atoms with van der Waals surface area (Å²) in [6.07, 6.45) is 1.75. The third-order valence-corrected chi connectivity index (χ3v) is 5.11. The molecule has 2 heterocycles. The van der Waals surface area contributed by atoms with Crippen molar-refractivity contribution in [3.63, 3.8) is 0 Å². The predicted molar refractivity (Wildman–Crippen MR) is 110 cm³/mol. The average molecular weight is 418 g/mol. The quantitative estimate of drug-likeness (QED) is 0.734. The maximum Gasteiger partial charge on any atom is 0.255 e. The van der Waals surface area contributed by atoms with Crippen LogP contribution in [0.4, 0.5) is 5.69 Å². The van der Waals surface area contributed by atoms with Crippen LogP contribution in [-0.4, -0.2) is 49.2 Å². The molecule has 0 aliphatic carbocycles. The van der Waals surface area contributed by atoms with E-state index >= 15 is 0 Å². The Morgan fingerprint density at radius 3 is 2.67 bits per heavy atom. The van der Waals surface area contributed by atoms with Crippen molar-refractivity contribution >= 4 is 35.6 Å². The van der Waals surface area contributed by atoms with Crippen molar-refractivity contribution in [1.82, 2.24) is 10.2 Å². The fourth-order valence-electron chi connectivity index (χ4n) is 3.53. The molecule has 2 aliphatic rings. The van der Waals surface area contributed by atoms with E-state index < -0.39 is 0 Å². The number of carbonyl (C=O) groups is 1. The van der Waals surface area contributed by atoms with Crippen LogP contribution in [0.3, 0.4) is 0 Å². The van der Waals surface area contributed by atoms with Gasteiger partial charge in [-0.2, -0.15) is 0 Å². The van der Waals surface area contributed by atoms with Gasteiger partial charge in [-0.05, 0) is 31.7 Å². The zero-order valence-corrected chi connectivity index (χ0v) is 17.7. The van der Waals surface area contributed by atoms with Crippen LogP contribution < -0.4 is 20.5 Å². The van der Waals surface area contributed by atoms with Crippen LogP contribution in [0.5, 0.6) is 11.5 Å². The summed E-state index contributed by atoms with van der Waals surface area (Å²) in [5, 5.41) is 3.42. The van der Waals surface area contributed by atoms with Crippen molar-refractivity contribution in [2.75, 3.05) is 32.0 Å². The summed E-state index contributed by atoms with van der Waals surface area (Å²) in [6.45, 7) is 9.82. The highest BCUT2D eigenvalue weighted by atomic mass is 35.5. The Balaban J connectivity index is 0.00000261. The van der Waals surface area contributed by atoms with E-state index in [1.54, 1.807) is 6.07 Å². The van der Waals surface area contributed by atoms with E-state index in [4.69, 9.17) is 26.8 Å². The lowest BCUT2D eigenvalue weighted by Gasteiger charge is -2.33. The topological polar surface area (TPSA) is 76.8 Å². The van der Waals surface area contributed by atoms with E-state index in [9.17, 15) is 4.79 Å². The highest BCUT2D eigenvalue weighted by Gasteiger charge is 2.29. The maximum atomic E-state index is 12.8. The third-order valence-electron chi connectivity index (χ3n) is 4.80. The lowest BCUT2D eigenvalue weighted by Crippen LogP contribution is -2.45. The number of amides is 1. The van der Waals surface area contributed by atoms with Crippen LogP contribution in [0, 0.1) is 5.92 Å². The van der Waals surface area contributed by atoms with Gasteiger partial charge in [0, 0.05) is 25.7 Å². The van der Waals surface area contributed by atoms with Crippen LogP contribution >= 0.6 is 24.0 Å². The monoisotopic (exact) mass is 417 g/mol. The van der Waals surface area contributed by atoms with Crippen LogP contribution in [0.1, 0.15) is 44.0 Å². The zero-order chi connectivity index (χ0) is 18.8. The molecule has 1 saturated heterocycles.